The van der Waals surface area contributed by atoms with Crippen LogP contribution in [0, 0.1) is 0 Å². The van der Waals surface area contributed by atoms with Crippen molar-refractivity contribution in [3.63, 3.8) is 0 Å². The van der Waals surface area contributed by atoms with Crippen LogP contribution in [-0.2, 0) is 10.0 Å². The summed E-state index contributed by atoms with van der Waals surface area (Å²) in [5.41, 5.74) is 0.725. The van der Waals surface area contributed by atoms with Crippen LogP contribution in [0.5, 0.6) is 5.75 Å². The monoisotopic (exact) mass is 377 g/mol. The molecule has 0 amide bonds. The van der Waals surface area contributed by atoms with Gasteiger partial charge in [-0.1, -0.05) is 6.07 Å². The first-order valence-corrected chi connectivity index (χ1v) is 9.49. The van der Waals surface area contributed by atoms with Crippen LogP contribution in [0.1, 0.15) is 24.2 Å². The lowest BCUT2D eigenvalue weighted by Gasteiger charge is -2.15. The number of methoxy groups -OCH3 is 1. The van der Waals surface area contributed by atoms with E-state index in [1.54, 1.807) is 24.4 Å². The van der Waals surface area contributed by atoms with Crippen molar-refractivity contribution in [2.45, 2.75) is 24.8 Å². The summed E-state index contributed by atoms with van der Waals surface area (Å²) in [5.74, 6) is -0.191. The fraction of sp³-hybridized carbons (Fsp3) is 0.333. The van der Waals surface area contributed by atoms with E-state index in [2.05, 4.69) is 4.99 Å². The Morgan fingerprint density at radius 2 is 1.88 bits per heavy atom. The highest BCUT2D eigenvalue weighted by Crippen LogP contribution is 2.27. The molecule has 0 unspecified atom stereocenters. The third-order valence-corrected chi connectivity index (χ3v) is 5.45. The summed E-state index contributed by atoms with van der Waals surface area (Å²) in [6.07, 6.45) is 1.61. The number of ether oxygens (including phenoxy) is 1. The van der Waals surface area contributed by atoms with Crippen molar-refractivity contribution < 1.29 is 17.9 Å². The number of pyridine rings is 1. The molecule has 0 spiro atoms. The van der Waals surface area contributed by atoms with Crippen molar-refractivity contribution in [3.8, 4) is 5.75 Å². The van der Waals surface area contributed by atoms with Gasteiger partial charge in [0.2, 0.25) is 10.0 Å². The topological polar surface area (TPSA) is 81.0 Å². The van der Waals surface area contributed by atoms with Gasteiger partial charge >= 0.3 is 0 Å². The minimum atomic E-state index is -3.76. The molecule has 0 aliphatic rings. The molecule has 1 aromatic carbocycles. The Bertz CT molecular complexity index is 976. The van der Waals surface area contributed by atoms with Crippen molar-refractivity contribution in [1.82, 2.24) is 8.87 Å². The zero-order valence-electron chi connectivity index (χ0n) is 15.5. The van der Waals surface area contributed by atoms with Crippen LogP contribution < -0.4 is 10.2 Å². The number of carbonyl (C=O) groups excluding carboxylic acids is 1. The van der Waals surface area contributed by atoms with E-state index in [9.17, 15) is 13.2 Å². The van der Waals surface area contributed by atoms with Crippen LogP contribution in [0.25, 0.3) is 0 Å². The zero-order valence-corrected chi connectivity index (χ0v) is 16.3. The molecule has 0 aliphatic carbocycles. The fourth-order valence-corrected chi connectivity index (χ4v) is 3.40. The summed E-state index contributed by atoms with van der Waals surface area (Å²) in [4.78, 5) is 17.3. The van der Waals surface area contributed by atoms with Crippen LogP contribution in [0.2, 0.25) is 0 Å². The molecule has 0 saturated heterocycles. The Kier molecular flexibility index (Phi) is 5.99. The normalized spacial score (nSPS) is 12.7. The minimum Gasteiger partial charge on any atom is -0.495 e. The number of rotatable bonds is 5. The molecule has 1 heterocycles. The van der Waals surface area contributed by atoms with Gasteiger partial charge in [-0.3, -0.25) is 14.4 Å². The highest BCUT2D eigenvalue weighted by Gasteiger charge is 2.24. The molecule has 0 atom stereocenters. The second kappa shape index (κ2) is 7.84. The van der Waals surface area contributed by atoms with Crippen LogP contribution in [0.4, 0.5) is 0 Å². The Balaban J connectivity index is 2.63. The molecule has 0 aliphatic heterocycles. The van der Waals surface area contributed by atoms with E-state index in [4.69, 9.17) is 4.74 Å². The molecule has 2 rings (SSSR count). The standard InChI is InChI=1S/C18H23N3O4S/c1-13(2)19-17-8-6-7-11-21(17)18(22)14-9-10-15(25-5)16(12-14)26(23,24)20(3)4/h6-13H,1-5H3. The number of nitrogens with zero attached hydrogens (tertiary/aromatic N) is 3. The van der Waals surface area contributed by atoms with Crippen LogP contribution in [-0.4, -0.2) is 50.4 Å². The molecule has 0 saturated carbocycles. The van der Waals surface area contributed by atoms with Crippen LogP contribution >= 0.6 is 0 Å². The molecule has 0 bridgehead atoms. The molecular formula is C18H23N3O4S. The highest BCUT2D eigenvalue weighted by atomic mass is 32.2. The molecule has 140 valence electrons. The van der Waals surface area contributed by atoms with Crippen molar-refractivity contribution in [2.75, 3.05) is 21.2 Å². The Morgan fingerprint density at radius 3 is 2.46 bits per heavy atom. The second-order valence-electron chi connectivity index (χ2n) is 6.11. The predicted molar refractivity (Wildman–Crippen MR) is 98.7 cm³/mol. The van der Waals surface area contributed by atoms with Crippen molar-refractivity contribution in [2.24, 2.45) is 4.99 Å². The van der Waals surface area contributed by atoms with E-state index < -0.39 is 10.0 Å². The first-order chi connectivity index (χ1) is 12.2. The molecule has 2 aromatic rings. The summed E-state index contributed by atoms with van der Waals surface area (Å²) in [6.45, 7) is 3.83. The van der Waals surface area contributed by atoms with Gasteiger partial charge in [-0.15, -0.1) is 0 Å². The molecule has 0 fully saturated rings. The van der Waals surface area contributed by atoms with Gasteiger partial charge in [0.05, 0.1) is 7.11 Å². The van der Waals surface area contributed by atoms with Crippen molar-refractivity contribution in [3.05, 3.63) is 53.6 Å². The molecule has 0 radical (unpaired) electrons. The summed E-state index contributed by atoms with van der Waals surface area (Å²) in [7, 11) is 0.473. The average Bonchev–Trinajstić information content (AvgIpc) is 2.60. The smallest absolute Gasteiger partial charge is 0.263 e. The van der Waals surface area contributed by atoms with Gasteiger partial charge < -0.3 is 4.74 Å². The maximum atomic E-state index is 13.0. The first kappa shape index (κ1) is 19.9. The van der Waals surface area contributed by atoms with Crippen molar-refractivity contribution >= 4 is 15.9 Å². The highest BCUT2D eigenvalue weighted by molar-refractivity contribution is 7.89. The maximum absolute atomic E-state index is 13.0. The van der Waals surface area contributed by atoms with Gasteiger partial charge in [-0.05, 0) is 44.2 Å². The van der Waals surface area contributed by atoms with E-state index in [-0.39, 0.29) is 28.2 Å². The van der Waals surface area contributed by atoms with E-state index in [1.165, 1.54) is 44.0 Å². The predicted octanol–water partition coefficient (Wildman–Crippen LogP) is 1.74. The number of benzene rings is 1. The first-order valence-electron chi connectivity index (χ1n) is 8.05. The van der Waals surface area contributed by atoms with Gasteiger partial charge in [-0.2, -0.15) is 0 Å². The average molecular weight is 377 g/mol. The van der Waals surface area contributed by atoms with E-state index in [1.807, 2.05) is 13.8 Å². The molecule has 7 nitrogen and oxygen atoms in total. The molecular weight excluding hydrogens is 354 g/mol. The number of aromatic nitrogens is 1. The number of hydrogen-bond donors (Lipinski definition) is 0. The number of hydrogen-bond acceptors (Lipinski definition) is 5. The third-order valence-electron chi connectivity index (χ3n) is 3.62. The van der Waals surface area contributed by atoms with E-state index >= 15 is 0 Å². The minimum absolute atomic E-state index is 0.0111. The molecule has 8 heteroatoms. The third kappa shape index (κ3) is 4.03. The zero-order chi connectivity index (χ0) is 19.5. The Hall–Kier alpha value is -2.45. The van der Waals surface area contributed by atoms with Crippen LogP contribution in [0.3, 0.4) is 0 Å². The van der Waals surface area contributed by atoms with Gasteiger partial charge in [0.15, 0.2) is 0 Å². The lowest BCUT2D eigenvalue weighted by molar-refractivity contribution is 0.0954. The SMILES string of the molecule is COc1ccc(C(=O)n2ccccc2=NC(C)C)cc1S(=O)(=O)N(C)C. The van der Waals surface area contributed by atoms with Gasteiger partial charge in [-0.25, -0.2) is 12.7 Å². The lowest BCUT2D eigenvalue weighted by Crippen LogP contribution is -2.28. The molecule has 26 heavy (non-hydrogen) atoms. The van der Waals surface area contributed by atoms with E-state index in [0.717, 1.165) is 4.31 Å². The van der Waals surface area contributed by atoms with Gasteiger partial charge in [0, 0.05) is 31.9 Å². The van der Waals surface area contributed by atoms with Gasteiger partial charge in [0.1, 0.15) is 16.1 Å². The van der Waals surface area contributed by atoms with Crippen molar-refractivity contribution in [1.29, 1.82) is 0 Å². The summed E-state index contributed by atoms with van der Waals surface area (Å²) < 4.78 is 32.7. The quantitative estimate of drug-likeness (QED) is 0.795. The Morgan fingerprint density at radius 1 is 1.19 bits per heavy atom. The van der Waals surface area contributed by atoms with Crippen LogP contribution in [0.15, 0.2) is 52.5 Å². The molecule has 0 N–H and O–H groups in total. The summed E-state index contributed by atoms with van der Waals surface area (Å²) in [6, 6.07) is 9.60. The van der Waals surface area contributed by atoms with Gasteiger partial charge in [0.25, 0.3) is 5.91 Å². The maximum Gasteiger partial charge on any atom is 0.263 e. The number of sulfonamides is 1. The van der Waals surface area contributed by atoms with E-state index in [0.29, 0.717) is 5.49 Å². The lowest BCUT2D eigenvalue weighted by atomic mass is 10.2. The molecule has 1 aromatic heterocycles. The largest absolute Gasteiger partial charge is 0.495 e. The summed E-state index contributed by atoms with van der Waals surface area (Å²) >= 11 is 0. The second-order valence-corrected chi connectivity index (χ2v) is 8.23. The summed E-state index contributed by atoms with van der Waals surface area (Å²) in [5, 5.41) is 0. The number of carbonyl (C=O) groups is 1. The fourth-order valence-electron chi connectivity index (χ4n) is 2.32. The Labute approximate surface area is 153 Å².